The first kappa shape index (κ1) is 24.8. The fraction of sp³-hybridized carbons (Fsp3) is 0.905. The van der Waals surface area contributed by atoms with E-state index in [4.69, 9.17) is 9.73 Å². The van der Waals surface area contributed by atoms with Gasteiger partial charge in [0.1, 0.15) is 5.60 Å². The molecule has 30 heavy (non-hydrogen) atoms. The van der Waals surface area contributed by atoms with Crippen LogP contribution >= 0.6 is 0 Å². The van der Waals surface area contributed by atoms with Crippen LogP contribution in [0.5, 0.6) is 0 Å². The molecule has 2 fully saturated rings. The van der Waals surface area contributed by atoms with E-state index in [-0.39, 0.29) is 11.8 Å². The number of sulfone groups is 1. The van der Waals surface area contributed by atoms with Crippen molar-refractivity contribution in [3.63, 3.8) is 0 Å². The minimum atomic E-state index is -3.08. The van der Waals surface area contributed by atoms with Gasteiger partial charge in [-0.05, 0) is 66.7 Å². The van der Waals surface area contributed by atoms with Crippen LogP contribution in [0, 0.1) is 5.92 Å². The predicted octanol–water partition coefficient (Wildman–Crippen LogP) is 2.50. The number of likely N-dealkylation sites (tertiary alicyclic amines) is 1. The molecule has 0 bridgehead atoms. The molecule has 0 aromatic heterocycles. The number of ether oxygens (including phenoxy) is 1. The molecular formula is C21H40N4O4S. The summed E-state index contributed by atoms with van der Waals surface area (Å²) in [6.07, 6.45) is 2.72. The number of carbonyl (C=O) groups is 1. The topological polar surface area (TPSA) is 91.3 Å². The summed E-state index contributed by atoms with van der Waals surface area (Å²) in [5.41, 5.74) is -0.481. The highest BCUT2D eigenvalue weighted by atomic mass is 32.2. The van der Waals surface area contributed by atoms with Crippen molar-refractivity contribution >= 4 is 21.9 Å². The van der Waals surface area contributed by atoms with Gasteiger partial charge in [-0.2, -0.15) is 0 Å². The number of aliphatic imine (C=N–C) groups is 1. The summed E-state index contributed by atoms with van der Waals surface area (Å²) in [4.78, 5) is 21.0. The maximum absolute atomic E-state index is 12.4. The van der Waals surface area contributed by atoms with Crippen molar-refractivity contribution in [3.8, 4) is 0 Å². The van der Waals surface area contributed by atoms with Gasteiger partial charge in [-0.1, -0.05) is 0 Å². The van der Waals surface area contributed by atoms with E-state index in [9.17, 15) is 13.2 Å². The number of hydrogen-bond donors (Lipinski definition) is 1. The second-order valence-electron chi connectivity index (χ2n) is 9.96. The zero-order chi connectivity index (χ0) is 22.6. The average Bonchev–Trinajstić information content (AvgIpc) is 2.62. The molecular weight excluding hydrogens is 404 g/mol. The maximum Gasteiger partial charge on any atom is 0.410 e. The number of amides is 1. The number of nitrogens with one attached hydrogen (secondary N) is 1. The van der Waals surface area contributed by atoms with Gasteiger partial charge < -0.3 is 19.9 Å². The lowest BCUT2D eigenvalue weighted by atomic mass is 9.95. The molecule has 2 aliphatic heterocycles. The van der Waals surface area contributed by atoms with Crippen LogP contribution in [0.25, 0.3) is 0 Å². The average molecular weight is 445 g/mol. The van der Waals surface area contributed by atoms with Crippen molar-refractivity contribution < 1.29 is 17.9 Å². The maximum atomic E-state index is 12.4. The normalized spacial score (nSPS) is 24.5. The molecule has 0 saturated carbocycles. The van der Waals surface area contributed by atoms with Crippen LogP contribution in [0.2, 0.25) is 0 Å². The fourth-order valence-corrected chi connectivity index (χ4v) is 5.26. The molecule has 9 heteroatoms. The van der Waals surface area contributed by atoms with E-state index in [1.54, 1.807) is 13.8 Å². The summed E-state index contributed by atoms with van der Waals surface area (Å²) < 4.78 is 29.3. The molecule has 2 rings (SSSR count). The molecule has 1 amide bonds. The zero-order valence-electron chi connectivity index (χ0n) is 19.5. The number of carbonyl (C=O) groups excluding carboxylic acids is 1. The van der Waals surface area contributed by atoms with Gasteiger partial charge in [0.25, 0.3) is 0 Å². The minimum Gasteiger partial charge on any atom is -0.444 e. The first-order valence-electron chi connectivity index (χ1n) is 11.1. The third-order valence-corrected chi connectivity index (χ3v) is 8.18. The van der Waals surface area contributed by atoms with Gasteiger partial charge in [0.15, 0.2) is 15.8 Å². The molecule has 174 valence electrons. The number of rotatable bonds is 4. The van der Waals surface area contributed by atoms with Gasteiger partial charge in [0.2, 0.25) is 0 Å². The Labute approximate surface area is 182 Å². The lowest BCUT2D eigenvalue weighted by Gasteiger charge is -2.39. The van der Waals surface area contributed by atoms with Gasteiger partial charge in [-0.25, -0.2) is 13.2 Å². The number of nitrogens with zero attached hydrogens (tertiary/aromatic N) is 3. The van der Waals surface area contributed by atoms with Crippen molar-refractivity contribution in [2.45, 2.75) is 71.2 Å². The predicted molar refractivity (Wildman–Crippen MR) is 121 cm³/mol. The summed E-state index contributed by atoms with van der Waals surface area (Å²) in [6.45, 7) is 15.0. The van der Waals surface area contributed by atoms with E-state index in [1.165, 1.54) is 0 Å². The van der Waals surface area contributed by atoms with Crippen molar-refractivity contribution in [1.29, 1.82) is 0 Å². The summed E-state index contributed by atoms with van der Waals surface area (Å²) >= 11 is 0. The SMILES string of the molecule is CCNC(=NCCC1CCCN(C(=O)OC(C)(C)C)C1)N1CCS(=O)(=O)C(C)(C)C1. The van der Waals surface area contributed by atoms with Gasteiger partial charge in [0.05, 0.1) is 10.5 Å². The van der Waals surface area contributed by atoms with E-state index in [2.05, 4.69) is 10.2 Å². The lowest BCUT2D eigenvalue weighted by Crippen LogP contribution is -2.57. The Hall–Kier alpha value is -1.51. The van der Waals surface area contributed by atoms with E-state index in [0.717, 1.165) is 38.3 Å². The van der Waals surface area contributed by atoms with Crippen molar-refractivity contribution in [3.05, 3.63) is 0 Å². The van der Waals surface area contributed by atoms with Gasteiger partial charge in [-0.3, -0.25) is 4.99 Å². The first-order valence-corrected chi connectivity index (χ1v) is 12.7. The largest absolute Gasteiger partial charge is 0.444 e. The van der Waals surface area contributed by atoms with Crippen molar-refractivity contribution in [2.75, 3.05) is 45.0 Å². The Morgan fingerprint density at radius 1 is 1.23 bits per heavy atom. The monoisotopic (exact) mass is 444 g/mol. The number of hydrogen-bond acceptors (Lipinski definition) is 5. The second kappa shape index (κ2) is 9.75. The molecule has 1 atom stereocenters. The Bertz CT molecular complexity index is 728. The molecule has 0 spiro atoms. The molecule has 0 aromatic carbocycles. The lowest BCUT2D eigenvalue weighted by molar-refractivity contribution is 0.0163. The smallest absolute Gasteiger partial charge is 0.410 e. The van der Waals surface area contributed by atoms with Crippen LogP contribution in [-0.2, 0) is 14.6 Å². The zero-order valence-corrected chi connectivity index (χ0v) is 20.3. The highest BCUT2D eigenvalue weighted by Crippen LogP contribution is 2.24. The molecule has 2 saturated heterocycles. The third-order valence-electron chi connectivity index (χ3n) is 5.65. The molecule has 2 aliphatic rings. The summed E-state index contributed by atoms with van der Waals surface area (Å²) in [5.74, 6) is 1.33. The highest BCUT2D eigenvalue weighted by molar-refractivity contribution is 7.92. The Balaban J connectivity index is 1.93. The van der Waals surface area contributed by atoms with Crippen LogP contribution < -0.4 is 5.32 Å². The van der Waals surface area contributed by atoms with E-state index < -0.39 is 20.2 Å². The first-order chi connectivity index (χ1) is 13.8. The molecule has 0 aliphatic carbocycles. The molecule has 0 aromatic rings. The van der Waals surface area contributed by atoms with Crippen LogP contribution in [0.3, 0.4) is 0 Å². The molecule has 8 nitrogen and oxygen atoms in total. The quantitative estimate of drug-likeness (QED) is 0.529. The van der Waals surface area contributed by atoms with Crippen LogP contribution in [0.15, 0.2) is 4.99 Å². The van der Waals surface area contributed by atoms with Crippen LogP contribution in [0.4, 0.5) is 4.79 Å². The van der Waals surface area contributed by atoms with E-state index >= 15 is 0 Å². The Morgan fingerprint density at radius 2 is 1.93 bits per heavy atom. The minimum absolute atomic E-state index is 0.151. The Kier molecular flexibility index (Phi) is 8.04. The Morgan fingerprint density at radius 3 is 2.53 bits per heavy atom. The van der Waals surface area contributed by atoms with Gasteiger partial charge in [-0.15, -0.1) is 0 Å². The van der Waals surface area contributed by atoms with E-state index in [0.29, 0.717) is 32.1 Å². The molecule has 0 radical (unpaired) electrons. The number of piperidine rings is 1. The van der Waals surface area contributed by atoms with Crippen LogP contribution in [-0.4, -0.2) is 85.6 Å². The van der Waals surface area contributed by atoms with Crippen molar-refractivity contribution in [2.24, 2.45) is 10.9 Å². The molecule has 2 heterocycles. The molecule has 1 N–H and O–H groups in total. The highest BCUT2D eigenvalue weighted by Gasteiger charge is 2.41. The van der Waals surface area contributed by atoms with Gasteiger partial charge >= 0.3 is 6.09 Å². The number of guanidine groups is 1. The fourth-order valence-electron chi connectivity index (χ4n) is 3.90. The summed E-state index contributed by atoms with van der Waals surface area (Å²) in [7, 11) is -3.08. The third kappa shape index (κ3) is 6.75. The van der Waals surface area contributed by atoms with E-state index in [1.807, 2.05) is 32.6 Å². The van der Waals surface area contributed by atoms with Crippen LogP contribution in [0.1, 0.15) is 60.8 Å². The summed E-state index contributed by atoms with van der Waals surface area (Å²) in [6, 6.07) is 0. The van der Waals surface area contributed by atoms with Gasteiger partial charge in [0, 0.05) is 39.3 Å². The molecule has 1 unspecified atom stereocenters. The second-order valence-corrected chi connectivity index (χ2v) is 12.7. The summed E-state index contributed by atoms with van der Waals surface area (Å²) in [5, 5.41) is 3.30. The standard InChI is InChI=1S/C21H40N4O4S/c1-7-22-18(25-13-14-30(27,28)21(5,6)16-25)23-11-10-17-9-8-12-24(15-17)19(26)29-20(2,3)4/h17H,7-16H2,1-6H3,(H,22,23). The van der Waals surface area contributed by atoms with Crippen molar-refractivity contribution in [1.82, 2.24) is 15.1 Å².